The molecule has 2 aromatic heterocycles. The van der Waals surface area contributed by atoms with Crippen LogP contribution >= 0.6 is 0 Å². The lowest BCUT2D eigenvalue weighted by Crippen LogP contribution is -2.12. The molecule has 0 aliphatic carbocycles. The van der Waals surface area contributed by atoms with Gasteiger partial charge in [0.2, 0.25) is 0 Å². The molecule has 0 unspecified atom stereocenters. The van der Waals surface area contributed by atoms with E-state index < -0.39 is 29.0 Å². The van der Waals surface area contributed by atoms with Gasteiger partial charge in [0.15, 0.2) is 5.78 Å². The third kappa shape index (κ3) is 3.49. The van der Waals surface area contributed by atoms with Crippen molar-refractivity contribution >= 4 is 22.5 Å². The molecule has 0 spiro atoms. The average Bonchev–Trinajstić information content (AvgIpc) is 2.59. The van der Waals surface area contributed by atoms with Crippen molar-refractivity contribution in [2.45, 2.75) is 19.3 Å². The zero-order chi connectivity index (χ0) is 20.9. The van der Waals surface area contributed by atoms with E-state index in [1.165, 1.54) is 25.3 Å². The molecule has 146 valence electrons. The number of nitrogen functional groups attached to an aromatic ring is 1. The highest BCUT2D eigenvalue weighted by atomic mass is 19.4. The minimum atomic E-state index is -5.04. The van der Waals surface area contributed by atoms with Gasteiger partial charge in [0.1, 0.15) is 11.3 Å². The van der Waals surface area contributed by atoms with Crippen molar-refractivity contribution < 1.29 is 31.1 Å². The van der Waals surface area contributed by atoms with Crippen LogP contribution in [0.3, 0.4) is 0 Å². The predicted octanol–water partition coefficient (Wildman–Crippen LogP) is 5.12. The van der Waals surface area contributed by atoms with E-state index in [9.17, 15) is 31.1 Å². The predicted molar refractivity (Wildman–Crippen MR) is 89.4 cm³/mol. The van der Waals surface area contributed by atoms with Gasteiger partial charge in [-0.15, -0.1) is 0 Å². The number of hydrogen-bond acceptors (Lipinski definition) is 4. The molecule has 1 aromatic carbocycles. The smallest absolute Gasteiger partial charge is 0.382 e. The minimum Gasteiger partial charge on any atom is -0.382 e. The topological polar surface area (TPSA) is 68.9 Å². The molecule has 3 aromatic rings. The zero-order valence-corrected chi connectivity index (χ0v) is 14.1. The van der Waals surface area contributed by atoms with Gasteiger partial charge in [-0.25, -0.2) is 9.97 Å². The van der Waals surface area contributed by atoms with Crippen LogP contribution < -0.4 is 5.73 Å². The van der Waals surface area contributed by atoms with Crippen LogP contribution in [0.1, 0.15) is 28.4 Å². The van der Waals surface area contributed by atoms with Gasteiger partial charge < -0.3 is 5.73 Å². The number of benzene rings is 1. The van der Waals surface area contributed by atoms with Crippen LogP contribution in [0.15, 0.2) is 36.5 Å². The van der Waals surface area contributed by atoms with E-state index in [1.807, 2.05) is 0 Å². The van der Waals surface area contributed by atoms with Crippen molar-refractivity contribution in [1.29, 1.82) is 0 Å². The van der Waals surface area contributed by atoms with E-state index in [0.717, 1.165) is 0 Å². The number of pyridine rings is 2. The van der Waals surface area contributed by atoms with Crippen LogP contribution in [0.4, 0.5) is 32.2 Å². The number of ketones is 1. The van der Waals surface area contributed by atoms with Gasteiger partial charge in [-0.05, 0) is 31.2 Å². The number of aromatic nitrogens is 2. The van der Waals surface area contributed by atoms with Crippen LogP contribution in [-0.2, 0) is 12.4 Å². The van der Waals surface area contributed by atoms with Crippen LogP contribution in [0.25, 0.3) is 22.2 Å². The van der Waals surface area contributed by atoms with E-state index in [-0.39, 0.29) is 39.8 Å². The first-order valence-electron chi connectivity index (χ1n) is 7.74. The first-order chi connectivity index (χ1) is 12.9. The molecular formula is C18H11F6N3O. The highest BCUT2D eigenvalue weighted by molar-refractivity contribution is 6.08. The highest BCUT2D eigenvalue weighted by Gasteiger charge is 2.38. The number of rotatable bonds is 2. The Morgan fingerprint density at radius 1 is 1.00 bits per heavy atom. The molecule has 2 heterocycles. The molecule has 0 bridgehead atoms. The second-order valence-corrected chi connectivity index (χ2v) is 5.96. The molecule has 0 atom stereocenters. The first-order valence-corrected chi connectivity index (χ1v) is 7.74. The van der Waals surface area contributed by atoms with Gasteiger partial charge in [0, 0.05) is 22.7 Å². The van der Waals surface area contributed by atoms with Gasteiger partial charge in [-0.2, -0.15) is 26.3 Å². The van der Waals surface area contributed by atoms with Crippen molar-refractivity contribution in [2.75, 3.05) is 5.73 Å². The lowest BCUT2D eigenvalue weighted by molar-refractivity contribution is -0.142. The zero-order valence-electron chi connectivity index (χ0n) is 14.1. The fourth-order valence-corrected chi connectivity index (χ4v) is 2.75. The second-order valence-electron chi connectivity index (χ2n) is 5.96. The Labute approximate surface area is 154 Å². The summed E-state index contributed by atoms with van der Waals surface area (Å²) in [6.45, 7) is 1.28. The largest absolute Gasteiger partial charge is 0.417 e. The number of carbonyl (C=O) groups excluding carboxylic acids is 1. The van der Waals surface area contributed by atoms with Crippen LogP contribution in [0, 0.1) is 0 Å². The van der Waals surface area contributed by atoms with Crippen LogP contribution in [0.2, 0.25) is 0 Å². The molecule has 0 saturated carbocycles. The standard InChI is InChI=1S/C18H11F6N3O/c1-8(28)12-7-26-16(25)15-10(12)4-5-14(27-15)11-3-2-9(17(19,20)21)6-13(11)18(22,23)24/h2-7H,1H3,(H2,25,26). The maximum absolute atomic E-state index is 13.4. The Bertz CT molecular complexity index is 1090. The molecule has 3 rings (SSSR count). The molecule has 0 saturated heterocycles. The second kappa shape index (κ2) is 6.47. The summed E-state index contributed by atoms with van der Waals surface area (Å²) >= 11 is 0. The maximum atomic E-state index is 13.4. The van der Waals surface area contributed by atoms with Gasteiger partial charge in [-0.1, -0.05) is 6.07 Å². The monoisotopic (exact) mass is 399 g/mol. The number of anilines is 1. The molecule has 0 amide bonds. The third-order valence-corrected chi connectivity index (χ3v) is 4.07. The van der Waals surface area contributed by atoms with E-state index in [0.29, 0.717) is 12.1 Å². The number of Topliss-reactive ketones (excluding diaryl/α,β-unsaturated/α-hetero) is 1. The number of nitrogens with two attached hydrogens (primary N) is 1. The highest BCUT2D eigenvalue weighted by Crippen LogP contribution is 2.41. The maximum Gasteiger partial charge on any atom is 0.417 e. The SMILES string of the molecule is CC(=O)c1cnc(N)c2nc(-c3ccc(C(F)(F)F)cc3C(F)(F)F)ccc12. The summed E-state index contributed by atoms with van der Waals surface area (Å²) in [5.41, 5.74) is 2.18. The summed E-state index contributed by atoms with van der Waals surface area (Å²) in [5, 5.41) is 0.282. The number of carbonyl (C=O) groups is 1. The average molecular weight is 399 g/mol. The fraction of sp³-hybridized carbons (Fsp3) is 0.167. The molecule has 28 heavy (non-hydrogen) atoms. The number of alkyl halides is 6. The van der Waals surface area contributed by atoms with Crippen molar-refractivity contribution in [3.63, 3.8) is 0 Å². The van der Waals surface area contributed by atoms with E-state index >= 15 is 0 Å². The fourth-order valence-electron chi connectivity index (χ4n) is 2.75. The number of nitrogens with zero attached hydrogens (tertiary/aromatic N) is 2. The normalized spacial score (nSPS) is 12.4. The molecule has 2 N–H and O–H groups in total. The summed E-state index contributed by atoms with van der Waals surface area (Å²) in [4.78, 5) is 19.5. The molecule has 0 fully saturated rings. The van der Waals surface area contributed by atoms with Crippen LogP contribution in [-0.4, -0.2) is 15.8 Å². The van der Waals surface area contributed by atoms with Crippen molar-refractivity contribution in [1.82, 2.24) is 9.97 Å². The first kappa shape index (κ1) is 19.6. The minimum absolute atomic E-state index is 0.0155. The summed E-state index contributed by atoms with van der Waals surface area (Å²) in [5.74, 6) is -0.472. The van der Waals surface area contributed by atoms with Crippen molar-refractivity contribution in [3.8, 4) is 11.3 Å². The van der Waals surface area contributed by atoms with Gasteiger partial charge in [-0.3, -0.25) is 4.79 Å². The summed E-state index contributed by atoms with van der Waals surface area (Å²) in [6.07, 6.45) is -8.75. The molecule has 0 aliphatic rings. The molecule has 4 nitrogen and oxygen atoms in total. The Morgan fingerprint density at radius 3 is 2.25 bits per heavy atom. The lowest BCUT2D eigenvalue weighted by atomic mass is 9.99. The van der Waals surface area contributed by atoms with Gasteiger partial charge >= 0.3 is 12.4 Å². The lowest BCUT2D eigenvalue weighted by Gasteiger charge is -2.16. The van der Waals surface area contributed by atoms with E-state index in [1.54, 1.807) is 0 Å². The van der Waals surface area contributed by atoms with E-state index in [4.69, 9.17) is 5.73 Å². The van der Waals surface area contributed by atoms with Gasteiger partial charge in [0.25, 0.3) is 0 Å². The Morgan fingerprint density at radius 2 is 1.68 bits per heavy atom. The number of fused-ring (bicyclic) bond motifs is 1. The summed E-state index contributed by atoms with van der Waals surface area (Å²) < 4.78 is 78.7. The molecule has 0 radical (unpaired) electrons. The third-order valence-electron chi connectivity index (χ3n) is 4.07. The Hall–Kier alpha value is -3.17. The molecule has 0 aliphatic heterocycles. The van der Waals surface area contributed by atoms with Crippen LogP contribution in [0.5, 0.6) is 0 Å². The number of halogens is 6. The van der Waals surface area contributed by atoms with Gasteiger partial charge in [0.05, 0.1) is 16.8 Å². The molecule has 10 heteroatoms. The Kier molecular flexibility index (Phi) is 4.52. The van der Waals surface area contributed by atoms with Crippen molar-refractivity contribution in [3.05, 3.63) is 53.2 Å². The summed E-state index contributed by atoms with van der Waals surface area (Å²) in [6, 6.07) is 3.81. The van der Waals surface area contributed by atoms with E-state index in [2.05, 4.69) is 9.97 Å². The Balaban J connectivity index is 2.28. The molecular weight excluding hydrogens is 388 g/mol. The number of hydrogen-bond donors (Lipinski definition) is 1. The quantitative estimate of drug-likeness (QED) is 0.480. The van der Waals surface area contributed by atoms with Crippen molar-refractivity contribution in [2.24, 2.45) is 0 Å². The summed E-state index contributed by atoms with van der Waals surface area (Å²) in [7, 11) is 0.